The Hall–Kier alpha value is -4.49. The first-order chi connectivity index (χ1) is 19.5. The molecule has 5 rings (SSSR count). The number of nitrogen functional groups attached to an aromatic ring is 1. The third kappa shape index (κ3) is 6.21. The van der Waals surface area contributed by atoms with Crippen LogP contribution in [0.15, 0.2) is 52.2 Å². The molecule has 1 fully saturated rings. The molecule has 0 saturated carbocycles. The second-order valence-electron chi connectivity index (χ2n) is 8.97. The van der Waals surface area contributed by atoms with Crippen LogP contribution < -0.4 is 20.6 Å². The number of carbonyl (C=O) groups is 1. The Morgan fingerprint density at radius 1 is 1.18 bits per heavy atom. The van der Waals surface area contributed by atoms with Gasteiger partial charge in [-0.1, -0.05) is 35.0 Å². The number of ether oxygens (including phenoxy) is 2. The number of likely N-dealkylation sites (tertiary alicyclic amines) is 1. The van der Waals surface area contributed by atoms with Crippen molar-refractivity contribution in [3.05, 3.63) is 70.0 Å². The summed E-state index contributed by atoms with van der Waals surface area (Å²) < 4.78 is 17.6. The quantitative estimate of drug-likeness (QED) is 0.204. The van der Waals surface area contributed by atoms with Gasteiger partial charge in [0.2, 0.25) is 11.6 Å². The smallest absolute Gasteiger partial charge is 0.292 e. The second-order valence-corrected chi connectivity index (χ2v) is 9.38. The molecule has 0 atom stereocenters. The lowest BCUT2D eigenvalue weighted by atomic mass is 10.2. The molecule has 3 N–H and O–H groups in total. The molecule has 208 valence electrons. The van der Waals surface area contributed by atoms with E-state index < -0.39 is 5.91 Å². The predicted octanol–water partition coefficient (Wildman–Crippen LogP) is 3.22. The SMILES string of the molecule is CCOc1cc(C=NNC(=O)c2c(CN3CCCC3)nnn2-c2nonc2N)ccc1OCc1ccccc1Cl. The van der Waals surface area contributed by atoms with Gasteiger partial charge in [-0.2, -0.15) is 9.78 Å². The maximum atomic E-state index is 13.3. The minimum absolute atomic E-state index is 0.0181. The van der Waals surface area contributed by atoms with E-state index in [4.69, 9.17) is 31.4 Å². The molecule has 1 saturated heterocycles. The van der Waals surface area contributed by atoms with Crippen LogP contribution in [0.1, 0.15) is 47.1 Å². The molecule has 1 aliphatic rings. The van der Waals surface area contributed by atoms with E-state index in [1.807, 2.05) is 31.2 Å². The van der Waals surface area contributed by atoms with Crippen molar-refractivity contribution in [1.82, 2.24) is 35.6 Å². The van der Waals surface area contributed by atoms with Gasteiger partial charge in [0, 0.05) is 17.1 Å². The summed E-state index contributed by atoms with van der Waals surface area (Å²) in [6.45, 7) is 4.89. The Morgan fingerprint density at radius 3 is 2.75 bits per heavy atom. The minimum Gasteiger partial charge on any atom is -0.490 e. The van der Waals surface area contributed by atoms with E-state index in [9.17, 15) is 4.79 Å². The first kappa shape index (κ1) is 27.1. The molecule has 0 spiro atoms. The van der Waals surface area contributed by atoms with E-state index in [1.54, 1.807) is 18.2 Å². The zero-order chi connectivity index (χ0) is 27.9. The molecule has 1 amide bonds. The van der Waals surface area contributed by atoms with Crippen molar-refractivity contribution < 1.29 is 18.9 Å². The van der Waals surface area contributed by atoms with Gasteiger partial charge in [0.15, 0.2) is 17.2 Å². The average molecular weight is 566 g/mol. The van der Waals surface area contributed by atoms with Gasteiger partial charge in [-0.15, -0.1) is 5.10 Å². The Bertz CT molecular complexity index is 1500. The van der Waals surface area contributed by atoms with Gasteiger partial charge in [-0.05, 0) is 73.0 Å². The van der Waals surface area contributed by atoms with E-state index in [1.165, 1.54) is 10.9 Å². The van der Waals surface area contributed by atoms with Gasteiger partial charge in [0.25, 0.3) is 5.91 Å². The lowest BCUT2D eigenvalue weighted by molar-refractivity contribution is 0.0945. The Kier molecular flexibility index (Phi) is 8.52. The number of benzene rings is 2. The molecular weight excluding hydrogens is 538 g/mol. The number of hydrazone groups is 1. The fourth-order valence-corrected chi connectivity index (χ4v) is 4.46. The summed E-state index contributed by atoms with van der Waals surface area (Å²) in [6.07, 6.45) is 3.68. The summed E-state index contributed by atoms with van der Waals surface area (Å²) in [5, 5.41) is 20.4. The number of anilines is 1. The molecular formula is C26H28ClN9O4. The van der Waals surface area contributed by atoms with E-state index in [0.717, 1.165) is 31.5 Å². The number of nitrogens with two attached hydrogens (primary N) is 1. The standard InChI is InChI=1S/C26H28ClN9O4/c1-2-38-22-13-17(9-10-21(22)39-16-18-7-3-4-8-19(18)27)14-29-31-26(37)23-20(15-35-11-5-6-12-35)30-34-36(23)25-24(28)32-40-33-25/h3-4,7-10,13-14H,2,5-6,11-12,15-16H2,1H3,(H2,28,32)(H,31,37). The Balaban J connectivity index is 1.31. The summed E-state index contributed by atoms with van der Waals surface area (Å²) in [6, 6.07) is 12.8. The molecule has 13 nitrogen and oxygen atoms in total. The minimum atomic E-state index is -0.539. The van der Waals surface area contributed by atoms with Crippen LogP contribution >= 0.6 is 11.6 Å². The highest BCUT2D eigenvalue weighted by Crippen LogP contribution is 2.29. The normalized spacial score (nSPS) is 13.7. The van der Waals surface area contributed by atoms with Gasteiger partial charge in [-0.25, -0.2) is 10.1 Å². The van der Waals surface area contributed by atoms with Crippen molar-refractivity contribution in [1.29, 1.82) is 0 Å². The van der Waals surface area contributed by atoms with Crippen molar-refractivity contribution in [2.24, 2.45) is 5.10 Å². The van der Waals surface area contributed by atoms with Crippen LogP contribution in [0.3, 0.4) is 0 Å². The number of hydrogen-bond donors (Lipinski definition) is 2. The zero-order valence-corrected chi connectivity index (χ0v) is 22.5. The van der Waals surface area contributed by atoms with E-state index in [0.29, 0.717) is 40.9 Å². The predicted molar refractivity (Wildman–Crippen MR) is 147 cm³/mol. The first-order valence-electron chi connectivity index (χ1n) is 12.7. The van der Waals surface area contributed by atoms with Crippen molar-refractivity contribution >= 4 is 29.5 Å². The van der Waals surface area contributed by atoms with Gasteiger partial charge >= 0.3 is 0 Å². The van der Waals surface area contributed by atoms with Crippen LogP contribution in [0.4, 0.5) is 5.82 Å². The monoisotopic (exact) mass is 565 g/mol. The maximum Gasteiger partial charge on any atom is 0.292 e. The highest BCUT2D eigenvalue weighted by Gasteiger charge is 2.27. The number of amides is 1. The number of nitrogens with one attached hydrogen (secondary N) is 1. The summed E-state index contributed by atoms with van der Waals surface area (Å²) >= 11 is 6.24. The second kappa shape index (κ2) is 12.6. The molecule has 0 radical (unpaired) electrons. The molecule has 0 unspecified atom stereocenters. The van der Waals surface area contributed by atoms with Crippen LogP contribution in [-0.2, 0) is 13.2 Å². The summed E-state index contributed by atoms with van der Waals surface area (Å²) in [7, 11) is 0. The van der Waals surface area contributed by atoms with Gasteiger partial charge in [0.05, 0.1) is 12.8 Å². The van der Waals surface area contributed by atoms with Gasteiger partial charge < -0.3 is 15.2 Å². The summed E-state index contributed by atoms with van der Waals surface area (Å²) in [4.78, 5) is 15.5. The number of aromatic nitrogens is 5. The van der Waals surface area contributed by atoms with Crippen LogP contribution in [-0.4, -0.2) is 62.0 Å². The van der Waals surface area contributed by atoms with Crippen molar-refractivity contribution in [2.75, 3.05) is 25.4 Å². The molecule has 4 aromatic rings. The molecule has 14 heteroatoms. The zero-order valence-electron chi connectivity index (χ0n) is 21.8. The molecule has 40 heavy (non-hydrogen) atoms. The van der Waals surface area contributed by atoms with Crippen LogP contribution in [0, 0.1) is 0 Å². The lowest BCUT2D eigenvalue weighted by Gasteiger charge is -2.13. The number of halogens is 1. The summed E-state index contributed by atoms with van der Waals surface area (Å²) in [5.74, 6) is 0.610. The van der Waals surface area contributed by atoms with Gasteiger partial charge in [-0.3, -0.25) is 9.69 Å². The number of hydrogen-bond acceptors (Lipinski definition) is 11. The molecule has 0 bridgehead atoms. The van der Waals surface area contributed by atoms with Crippen molar-refractivity contribution in [2.45, 2.75) is 32.9 Å². The van der Waals surface area contributed by atoms with E-state index >= 15 is 0 Å². The van der Waals surface area contributed by atoms with Crippen LogP contribution in [0.25, 0.3) is 5.82 Å². The van der Waals surface area contributed by atoms with Crippen molar-refractivity contribution in [3.63, 3.8) is 0 Å². The van der Waals surface area contributed by atoms with Crippen LogP contribution in [0.2, 0.25) is 5.02 Å². The third-order valence-corrected chi connectivity index (χ3v) is 6.58. The lowest BCUT2D eigenvalue weighted by Crippen LogP contribution is -2.26. The fraction of sp³-hybridized carbons (Fsp3) is 0.308. The van der Waals surface area contributed by atoms with Gasteiger partial charge in [0.1, 0.15) is 12.3 Å². The largest absolute Gasteiger partial charge is 0.490 e. The van der Waals surface area contributed by atoms with E-state index in [-0.39, 0.29) is 23.9 Å². The number of rotatable bonds is 11. The third-order valence-electron chi connectivity index (χ3n) is 6.21. The molecule has 2 aromatic carbocycles. The molecule has 2 aromatic heterocycles. The highest BCUT2D eigenvalue weighted by atomic mass is 35.5. The molecule has 1 aliphatic heterocycles. The average Bonchev–Trinajstić information content (AvgIpc) is 3.71. The molecule has 0 aliphatic carbocycles. The van der Waals surface area contributed by atoms with Crippen molar-refractivity contribution in [3.8, 4) is 17.3 Å². The Morgan fingerprint density at radius 2 is 2.00 bits per heavy atom. The first-order valence-corrected chi connectivity index (χ1v) is 13.1. The fourth-order valence-electron chi connectivity index (χ4n) is 4.27. The maximum absolute atomic E-state index is 13.3. The topological polar surface area (TPSA) is 159 Å². The van der Waals surface area contributed by atoms with E-state index in [2.05, 4.69) is 36.1 Å². The number of nitrogens with zero attached hydrogens (tertiary/aromatic N) is 7. The van der Waals surface area contributed by atoms with Crippen LogP contribution in [0.5, 0.6) is 11.5 Å². The highest BCUT2D eigenvalue weighted by molar-refractivity contribution is 6.31. The molecule has 3 heterocycles. The number of carbonyl (C=O) groups excluding carboxylic acids is 1. The Labute approximate surface area is 234 Å². The summed E-state index contributed by atoms with van der Waals surface area (Å²) in [5.41, 5.74) is 10.5.